The molecule has 1 N–H and O–H groups in total. The highest BCUT2D eigenvalue weighted by atomic mass is 79.9. The van der Waals surface area contributed by atoms with E-state index < -0.39 is 18.5 Å². The van der Waals surface area contributed by atoms with Crippen LogP contribution >= 0.6 is 27.3 Å². The minimum Gasteiger partial charge on any atom is -0.497 e. The highest BCUT2D eigenvalue weighted by Gasteiger charge is 2.12. The van der Waals surface area contributed by atoms with Crippen LogP contribution in [0.5, 0.6) is 5.75 Å². The van der Waals surface area contributed by atoms with Crippen molar-refractivity contribution in [1.82, 2.24) is 4.98 Å². The zero-order valence-electron chi connectivity index (χ0n) is 14.3. The van der Waals surface area contributed by atoms with E-state index in [1.54, 1.807) is 24.3 Å². The van der Waals surface area contributed by atoms with E-state index in [0.29, 0.717) is 16.4 Å². The van der Waals surface area contributed by atoms with Crippen molar-refractivity contribution in [2.24, 2.45) is 0 Å². The van der Waals surface area contributed by atoms with E-state index in [1.807, 2.05) is 29.6 Å². The van der Waals surface area contributed by atoms with E-state index >= 15 is 0 Å². The minimum absolute atomic E-state index is 0.342. The summed E-state index contributed by atoms with van der Waals surface area (Å²) in [5, 5.41) is 4.92. The van der Waals surface area contributed by atoms with Crippen molar-refractivity contribution in [3.63, 3.8) is 0 Å². The third-order valence-electron chi connectivity index (χ3n) is 3.53. The molecule has 0 atom stereocenters. The van der Waals surface area contributed by atoms with Crippen molar-refractivity contribution < 1.29 is 19.1 Å². The van der Waals surface area contributed by atoms with E-state index in [9.17, 15) is 9.59 Å². The lowest BCUT2D eigenvalue weighted by Crippen LogP contribution is -2.20. The van der Waals surface area contributed by atoms with E-state index in [-0.39, 0.29) is 0 Å². The van der Waals surface area contributed by atoms with Gasteiger partial charge in [-0.3, -0.25) is 10.1 Å². The summed E-state index contributed by atoms with van der Waals surface area (Å²) < 4.78 is 11.0. The lowest BCUT2D eigenvalue weighted by molar-refractivity contribution is -0.119. The molecular formula is C19H15BrN2O4S. The van der Waals surface area contributed by atoms with Gasteiger partial charge in [-0.05, 0) is 36.4 Å². The smallest absolute Gasteiger partial charge is 0.338 e. The number of hydrogen-bond acceptors (Lipinski definition) is 6. The third kappa shape index (κ3) is 5.15. The standard InChI is InChI=1S/C19H15BrN2O4S/c1-25-15-7-5-12(6-8-15)18(24)26-10-17(23)22-19-21-16(11-27-19)13-3-2-4-14(20)9-13/h2-9,11H,10H2,1H3,(H,21,22,23). The van der Waals surface area contributed by atoms with Gasteiger partial charge in [0.15, 0.2) is 11.7 Å². The zero-order chi connectivity index (χ0) is 19.2. The van der Waals surface area contributed by atoms with Crippen LogP contribution < -0.4 is 10.1 Å². The summed E-state index contributed by atoms with van der Waals surface area (Å²) in [7, 11) is 1.54. The van der Waals surface area contributed by atoms with Crippen LogP contribution in [0.2, 0.25) is 0 Å². The number of nitrogens with one attached hydrogen (secondary N) is 1. The molecule has 3 aromatic rings. The molecule has 27 heavy (non-hydrogen) atoms. The summed E-state index contributed by atoms with van der Waals surface area (Å²) in [6.07, 6.45) is 0. The summed E-state index contributed by atoms with van der Waals surface area (Å²) in [6.45, 7) is -0.392. The Hall–Kier alpha value is -2.71. The van der Waals surface area contributed by atoms with Crippen LogP contribution in [0.25, 0.3) is 11.3 Å². The number of halogens is 1. The molecule has 0 saturated heterocycles. The van der Waals surface area contributed by atoms with Gasteiger partial charge >= 0.3 is 5.97 Å². The van der Waals surface area contributed by atoms with Crippen molar-refractivity contribution in [3.8, 4) is 17.0 Å². The van der Waals surface area contributed by atoms with Crippen molar-refractivity contribution >= 4 is 44.3 Å². The fraction of sp³-hybridized carbons (Fsp3) is 0.105. The maximum absolute atomic E-state index is 12.0. The Bertz CT molecular complexity index is 956. The number of methoxy groups -OCH3 is 1. The molecule has 0 spiro atoms. The van der Waals surface area contributed by atoms with Gasteiger partial charge < -0.3 is 9.47 Å². The molecule has 8 heteroatoms. The van der Waals surface area contributed by atoms with Crippen LogP contribution in [0.4, 0.5) is 5.13 Å². The van der Waals surface area contributed by atoms with Crippen molar-refractivity contribution in [3.05, 3.63) is 63.9 Å². The lowest BCUT2D eigenvalue weighted by atomic mass is 10.2. The molecule has 1 aromatic heterocycles. The number of anilines is 1. The summed E-state index contributed by atoms with van der Waals surface area (Å²) in [5.74, 6) is -0.400. The Balaban J connectivity index is 1.54. The van der Waals surface area contributed by atoms with E-state index in [4.69, 9.17) is 9.47 Å². The van der Waals surface area contributed by atoms with E-state index in [2.05, 4.69) is 26.2 Å². The number of amides is 1. The molecule has 0 aliphatic heterocycles. The number of esters is 1. The number of carbonyl (C=O) groups excluding carboxylic acids is 2. The Morgan fingerprint density at radius 3 is 2.67 bits per heavy atom. The first-order valence-corrected chi connectivity index (χ1v) is 9.55. The normalized spacial score (nSPS) is 10.3. The van der Waals surface area contributed by atoms with Crippen LogP contribution in [0, 0.1) is 0 Å². The van der Waals surface area contributed by atoms with Gasteiger partial charge in [0.2, 0.25) is 0 Å². The van der Waals surface area contributed by atoms with Crippen LogP contribution in [-0.2, 0) is 9.53 Å². The molecular weight excluding hydrogens is 432 g/mol. The van der Waals surface area contributed by atoms with Crippen molar-refractivity contribution in [2.45, 2.75) is 0 Å². The molecule has 2 aromatic carbocycles. The molecule has 0 aliphatic rings. The predicted octanol–water partition coefficient (Wildman–Crippen LogP) is 4.38. The second kappa shape index (κ2) is 8.79. The lowest BCUT2D eigenvalue weighted by Gasteiger charge is -2.05. The summed E-state index contributed by atoms with van der Waals surface area (Å²) >= 11 is 4.72. The number of rotatable bonds is 6. The molecule has 3 rings (SSSR count). The largest absolute Gasteiger partial charge is 0.497 e. The third-order valence-corrected chi connectivity index (χ3v) is 4.78. The molecule has 1 amide bonds. The van der Waals surface area contributed by atoms with Gasteiger partial charge in [-0.1, -0.05) is 28.1 Å². The monoisotopic (exact) mass is 446 g/mol. The molecule has 0 fully saturated rings. The van der Waals surface area contributed by atoms with Crippen LogP contribution in [0.3, 0.4) is 0 Å². The van der Waals surface area contributed by atoms with Gasteiger partial charge in [-0.15, -0.1) is 11.3 Å². The van der Waals surface area contributed by atoms with Crippen molar-refractivity contribution in [1.29, 1.82) is 0 Å². The molecule has 6 nitrogen and oxygen atoms in total. The Kier molecular flexibility index (Phi) is 6.20. The highest BCUT2D eigenvalue weighted by molar-refractivity contribution is 9.10. The first-order valence-electron chi connectivity index (χ1n) is 7.87. The van der Waals surface area contributed by atoms with E-state index in [1.165, 1.54) is 18.4 Å². The zero-order valence-corrected chi connectivity index (χ0v) is 16.7. The first-order chi connectivity index (χ1) is 13.0. The SMILES string of the molecule is COc1ccc(C(=O)OCC(=O)Nc2nc(-c3cccc(Br)c3)cs2)cc1. The van der Waals surface area contributed by atoms with Crippen LogP contribution in [0.15, 0.2) is 58.4 Å². The first kappa shape index (κ1) is 19.1. The Morgan fingerprint density at radius 2 is 1.96 bits per heavy atom. The number of ether oxygens (including phenoxy) is 2. The molecule has 138 valence electrons. The van der Waals surface area contributed by atoms with Crippen LogP contribution in [0.1, 0.15) is 10.4 Å². The summed E-state index contributed by atoms with van der Waals surface area (Å²) in [4.78, 5) is 28.3. The quantitative estimate of drug-likeness (QED) is 0.568. The summed E-state index contributed by atoms with van der Waals surface area (Å²) in [5.41, 5.74) is 2.04. The number of nitrogens with zero attached hydrogens (tertiary/aromatic N) is 1. The highest BCUT2D eigenvalue weighted by Crippen LogP contribution is 2.26. The maximum Gasteiger partial charge on any atom is 0.338 e. The van der Waals surface area contributed by atoms with Gasteiger partial charge in [-0.2, -0.15) is 0 Å². The molecule has 0 saturated carbocycles. The molecule has 0 aliphatic carbocycles. The molecule has 0 unspecified atom stereocenters. The number of aromatic nitrogens is 1. The number of thiazole rings is 1. The Labute approximate surface area is 168 Å². The van der Waals surface area contributed by atoms with Gasteiger partial charge in [-0.25, -0.2) is 9.78 Å². The fourth-order valence-electron chi connectivity index (χ4n) is 2.21. The number of carbonyl (C=O) groups is 2. The maximum atomic E-state index is 12.0. The van der Waals surface area contributed by atoms with Gasteiger partial charge in [0.25, 0.3) is 5.91 Å². The fourth-order valence-corrected chi connectivity index (χ4v) is 3.34. The van der Waals surface area contributed by atoms with E-state index in [0.717, 1.165) is 15.7 Å². The number of hydrogen-bond donors (Lipinski definition) is 1. The van der Waals surface area contributed by atoms with Gasteiger partial charge in [0.05, 0.1) is 18.4 Å². The minimum atomic E-state index is -0.582. The van der Waals surface area contributed by atoms with Crippen molar-refractivity contribution in [2.75, 3.05) is 19.0 Å². The molecule has 0 bridgehead atoms. The topological polar surface area (TPSA) is 77.5 Å². The predicted molar refractivity (Wildman–Crippen MR) is 107 cm³/mol. The molecule has 1 heterocycles. The molecule has 0 radical (unpaired) electrons. The average molecular weight is 447 g/mol. The van der Waals surface area contributed by atoms with Crippen LogP contribution in [-0.4, -0.2) is 30.6 Å². The second-order valence-electron chi connectivity index (χ2n) is 5.40. The average Bonchev–Trinajstić information content (AvgIpc) is 3.14. The second-order valence-corrected chi connectivity index (χ2v) is 7.17. The summed E-state index contributed by atoms with van der Waals surface area (Å²) in [6, 6.07) is 14.2. The van der Waals surface area contributed by atoms with Gasteiger partial charge in [0.1, 0.15) is 5.75 Å². The van der Waals surface area contributed by atoms with Gasteiger partial charge in [0, 0.05) is 15.4 Å². The Morgan fingerprint density at radius 1 is 1.19 bits per heavy atom. The number of benzene rings is 2.